The van der Waals surface area contributed by atoms with Crippen LogP contribution in [0.3, 0.4) is 0 Å². The summed E-state index contributed by atoms with van der Waals surface area (Å²) in [5.41, 5.74) is 2.11. The molecule has 0 saturated heterocycles. The number of phenols is 1. The molecule has 0 fully saturated rings. The molecule has 9 heteroatoms. The summed E-state index contributed by atoms with van der Waals surface area (Å²) < 4.78 is 17.9. The van der Waals surface area contributed by atoms with E-state index in [0.29, 0.717) is 0 Å². The molecule has 0 aliphatic rings. The van der Waals surface area contributed by atoms with Gasteiger partial charge in [0.05, 0.1) is 17.7 Å². The zero-order valence-corrected chi connectivity index (χ0v) is 13.1. The minimum Gasteiger partial charge on any atom is -0.500 e. The number of phenolic OH excluding ortho intramolecular Hbond substituents is 1. The van der Waals surface area contributed by atoms with Gasteiger partial charge in [-0.05, 0) is 37.3 Å². The molecule has 0 radical (unpaired) electrons. The lowest BCUT2D eigenvalue weighted by atomic mass is 10.2. The molecule has 8 nitrogen and oxygen atoms in total. The third-order valence-corrected chi connectivity index (χ3v) is 3.06. The number of benzene rings is 2. The molecule has 0 atom stereocenters. The highest BCUT2D eigenvalue weighted by molar-refractivity contribution is 5.95. The van der Waals surface area contributed by atoms with Crippen molar-refractivity contribution in [2.24, 2.45) is 5.10 Å². The Hall–Kier alpha value is -3.49. The van der Waals surface area contributed by atoms with Gasteiger partial charge in [0.15, 0.2) is 5.75 Å². The van der Waals surface area contributed by atoms with Gasteiger partial charge in [0.2, 0.25) is 5.75 Å². The molecule has 2 rings (SSSR count). The number of hydrazone groups is 1. The van der Waals surface area contributed by atoms with Crippen LogP contribution in [0.15, 0.2) is 41.5 Å². The molecule has 0 spiro atoms. The number of ether oxygens (including phenoxy) is 1. The lowest BCUT2D eigenvalue weighted by Crippen LogP contribution is -2.17. The van der Waals surface area contributed by atoms with Gasteiger partial charge in [0.25, 0.3) is 5.91 Å². The first-order valence-electron chi connectivity index (χ1n) is 7.15. The summed E-state index contributed by atoms with van der Waals surface area (Å²) in [6.07, 6.45) is 1.16. The molecule has 0 aliphatic heterocycles. The van der Waals surface area contributed by atoms with Gasteiger partial charge >= 0.3 is 5.69 Å². The fraction of sp³-hybridized carbons (Fsp3) is 0.125. The first kappa shape index (κ1) is 17.9. The lowest BCUT2D eigenvalue weighted by molar-refractivity contribution is -0.386. The topological polar surface area (TPSA) is 114 Å². The van der Waals surface area contributed by atoms with Crippen LogP contribution >= 0.6 is 0 Å². The van der Waals surface area contributed by atoms with Crippen LogP contribution in [0.4, 0.5) is 10.1 Å². The van der Waals surface area contributed by atoms with Crippen LogP contribution in [-0.2, 0) is 0 Å². The van der Waals surface area contributed by atoms with Crippen molar-refractivity contribution in [3.8, 4) is 11.5 Å². The van der Waals surface area contributed by atoms with Crippen LogP contribution in [0.2, 0.25) is 0 Å². The Morgan fingerprint density at radius 1 is 1.40 bits per heavy atom. The van der Waals surface area contributed by atoms with Crippen LogP contribution in [0, 0.1) is 15.9 Å². The predicted octanol–water partition coefficient (Wildman–Crippen LogP) is 2.60. The van der Waals surface area contributed by atoms with Gasteiger partial charge in [-0.25, -0.2) is 9.82 Å². The second kappa shape index (κ2) is 7.86. The standard InChI is InChI=1S/C16H14FN3O5/c1-2-25-14-8-10(7-13(15(14)21)20(23)24)9-18-19-16(22)11-3-5-12(17)6-4-11/h3-9,21H,2H2,1H3,(H,19,22)/b18-9+. The molecule has 0 saturated carbocycles. The lowest BCUT2D eigenvalue weighted by Gasteiger charge is -2.07. The quantitative estimate of drug-likeness (QED) is 0.473. The Balaban J connectivity index is 2.18. The number of carbonyl (C=O) groups excluding carboxylic acids is 1. The normalized spacial score (nSPS) is 10.6. The number of hydrogen-bond acceptors (Lipinski definition) is 6. The molecular weight excluding hydrogens is 333 g/mol. The summed E-state index contributed by atoms with van der Waals surface area (Å²) in [6.45, 7) is 1.86. The summed E-state index contributed by atoms with van der Waals surface area (Å²) in [6, 6.07) is 7.29. The molecule has 0 heterocycles. The molecule has 1 amide bonds. The van der Waals surface area contributed by atoms with Crippen molar-refractivity contribution < 1.29 is 24.0 Å². The third-order valence-electron chi connectivity index (χ3n) is 3.06. The van der Waals surface area contributed by atoms with E-state index in [9.17, 15) is 24.4 Å². The van der Waals surface area contributed by atoms with E-state index in [1.54, 1.807) is 6.92 Å². The molecule has 130 valence electrons. The fourth-order valence-corrected chi connectivity index (χ4v) is 1.92. The molecular formula is C16H14FN3O5. The molecule has 0 unspecified atom stereocenters. The number of amides is 1. The van der Waals surface area contributed by atoms with Gasteiger partial charge in [-0.15, -0.1) is 0 Å². The van der Waals surface area contributed by atoms with Crippen LogP contribution < -0.4 is 10.2 Å². The smallest absolute Gasteiger partial charge is 0.315 e. The molecule has 2 aromatic carbocycles. The Bertz CT molecular complexity index is 821. The minimum absolute atomic E-state index is 0.0667. The average molecular weight is 347 g/mol. The van der Waals surface area contributed by atoms with Crippen molar-refractivity contribution in [2.75, 3.05) is 6.61 Å². The van der Waals surface area contributed by atoms with Crippen molar-refractivity contribution >= 4 is 17.8 Å². The van der Waals surface area contributed by atoms with Crippen molar-refractivity contribution in [1.82, 2.24) is 5.43 Å². The number of nitro benzene ring substituents is 1. The van der Waals surface area contributed by atoms with E-state index < -0.39 is 28.1 Å². The Labute approximate surface area is 141 Å². The van der Waals surface area contributed by atoms with E-state index in [1.165, 1.54) is 18.2 Å². The van der Waals surface area contributed by atoms with E-state index >= 15 is 0 Å². The maximum atomic E-state index is 12.8. The minimum atomic E-state index is -0.758. The van der Waals surface area contributed by atoms with E-state index in [0.717, 1.165) is 24.4 Å². The van der Waals surface area contributed by atoms with Gasteiger partial charge in [-0.1, -0.05) is 0 Å². The van der Waals surface area contributed by atoms with Gasteiger partial charge in [0, 0.05) is 17.2 Å². The third kappa shape index (κ3) is 4.50. The second-order valence-electron chi connectivity index (χ2n) is 4.78. The Kier molecular flexibility index (Phi) is 5.62. The number of rotatable bonds is 6. The molecule has 25 heavy (non-hydrogen) atoms. The number of nitrogens with one attached hydrogen (secondary N) is 1. The highest BCUT2D eigenvalue weighted by atomic mass is 19.1. The number of nitro groups is 1. The number of hydrogen-bond donors (Lipinski definition) is 2. The van der Waals surface area contributed by atoms with E-state index in [-0.39, 0.29) is 23.5 Å². The molecule has 0 aliphatic carbocycles. The van der Waals surface area contributed by atoms with Crippen molar-refractivity contribution in [3.05, 3.63) is 63.5 Å². The molecule has 2 aromatic rings. The summed E-state index contributed by atoms with van der Waals surface area (Å²) in [7, 11) is 0. The highest BCUT2D eigenvalue weighted by Gasteiger charge is 2.19. The van der Waals surface area contributed by atoms with Crippen molar-refractivity contribution in [3.63, 3.8) is 0 Å². The van der Waals surface area contributed by atoms with Crippen LogP contribution in [0.5, 0.6) is 11.5 Å². The number of carbonyl (C=O) groups is 1. The zero-order valence-electron chi connectivity index (χ0n) is 13.1. The highest BCUT2D eigenvalue weighted by Crippen LogP contribution is 2.36. The van der Waals surface area contributed by atoms with Crippen LogP contribution in [0.25, 0.3) is 0 Å². The van der Waals surface area contributed by atoms with Crippen LogP contribution in [0.1, 0.15) is 22.8 Å². The number of nitrogens with zero attached hydrogens (tertiary/aromatic N) is 2. The molecule has 2 N–H and O–H groups in total. The molecule has 0 aromatic heterocycles. The average Bonchev–Trinajstić information content (AvgIpc) is 2.58. The number of aromatic hydroxyl groups is 1. The van der Waals surface area contributed by atoms with Gasteiger partial charge in [0.1, 0.15) is 5.82 Å². The monoisotopic (exact) mass is 347 g/mol. The summed E-state index contributed by atoms with van der Waals surface area (Å²) >= 11 is 0. The summed E-state index contributed by atoms with van der Waals surface area (Å²) in [5, 5.41) is 24.5. The second-order valence-corrected chi connectivity index (χ2v) is 4.78. The maximum absolute atomic E-state index is 12.8. The number of halogens is 1. The summed E-state index contributed by atoms with van der Waals surface area (Å²) in [4.78, 5) is 22.0. The van der Waals surface area contributed by atoms with Crippen LogP contribution in [-0.4, -0.2) is 28.8 Å². The SMILES string of the molecule is CCOc1cc(/C=N/NC(=O)c2ccc(F)cc2)cc([N+](=O)[O-])c1O. The van der Waals surface area contributed by atoms with Gasteiger partial charge in [-0.2, -0.15) is 5.10 Å². The Morgan fingerprint density at radius 3 is 2.68 bits per heavy atom. The maximum Gasteiger partial charge on any atom is 0.315 e. The fourth-order valence-electron chi connectivity index (χ4n) is 1.92. The first-order chi connectivity index (χ1) is 11.9. The first-order valence-corrected chi connectivity index (χ1v) is 7.15. The van der Waals surface area contributed by atoms with Crippen molar-refractivity contribution in [2.45, 2.75) is 6.92 Å². The van der Waals surface area contributed by atoms with E-state index in [1.807, 2.05) is 0 Å². The Morgan fingerprint density at radius 2 is 2.08 bits per heavy atom. The van der Waals surface area contributed by atoms with E-state index in [4.69, 9.17) is 4.74 Å². The molecule has 0 bridgehead atoms. The predicted molar refractivity (Wildman–Crippen MR) is 87.4 cm³/mol. The van der Waals surface area contributed by atoms with Gasteiger partial charge < -0.3 is 9.84 Å². The van der Waals surface area contributed by atoms with Gasteiger partial charge in [-0.3, -0.25) is 14.9 Å². The van der Waals surface area contributed by atoms with E-state index in [2.05, 4.69) is 10.5 Å². The zero-order chi connectivity index (χ0) is 18.4. The van der Waals surface area contributed by atoms with Crippen molar-refractivity contribution in [1.29, 1.82) is 0 Å². The largest absolute Gasteiger partial charge is 0.500 e. The summed E-state index contributed by atoms with van der Waals surface area (Å²) in [5.74, 6) is -1.70.